The van der Waals surface area contributed by atoms with Crippen LogP contribution in [0.1, 0.15) is 26.0 Å². The summed E-state index contributed by atoms with van der Waals surface area (Å²) >= 11 is 0. The van der Waals surface area contributed by atoms with Gasteiger partial charge in [-0.25, -0.2) is 4.98 Å². The highest BCUT2D eigenvalue weighted by Gasteiger charge is 2.07. The highest BCUT2D eigenvalue weighted by atomic mass is 16.5. The fraction of sp³-hybridized carbons (Fsp3) is 0.769. The van der Waals surface area contributed by atoms with Crippen LogP contribution in [-0.2, 0) is 16.0 Å². The Hall–Kier alpha value is -1.07. The van der Waals surface area contributed by atoms with Crippen molar-refractivity contribution < 1.29 is 9.47 Å². The van der Waals surface area contributed by atoms with E-state index in [1.807, 2.05) is 13.8 Å². The number of imidazole rings is 1. The van der Waals surface area contributed by atoms with Gasteiger partial charge in [0.05, 0.1) is 11.8 Å². The summed E-state index contributed by atoms with van der Waals surface area (Å²) in [6, 6.07) is 0. The zero-order chi connectivity index (χ0) is 13.4. The molecule has 0 saturated carbocycles. The van der Waals surface area contributed by atoms with Crippen molar-refractivity contribution in [2.24, 2.45) is 0 Å². The van der Waals surface area contributed by atoms with Gasteiger partial charge >= 0.3 is 0 Å². The molecule has 5 heteroatoms. The van der Waals surface area contributed by atoms with Crippen LogP contribution in [0.5, 0.6) is 0 Å². The van der Waals surface area contributed by atoms with Gasteiger partial charge in [0.2, 0.25) is 5.95 Å². The maximum Gasteiger partial charge on any atom is 0.203 e. The number of nitrogens with one attached hydrogen (secondary N) is 1. The summed E-state index contributed by atoms with van der Waals surface area (Å²) < 4.78 is 12.7. The summed E-state index contributed by atoms with van der Waals surface area (Å²) in [4.78, 5) is 4.48. The monoisotopic (exact) mass is 255 g/mol. The molecule has 0 aromatic carbocycles. The first-order valence-corrected chi connectivity index (χ1v) is 6.55. The van der Waals surface area contributed by atoms with Gasteiger partial charge in [0, 0.05) is 39.6 Å². The highest BCUT2D eigenvalue weighted by molar-refractivity contribution is 5.28. The molecule has 1 rings (SSSR count). The molecule has 1 unspecified atom stereocenters. The Morgan fingerprint density at radius 3 is 2.94 bits per heavy atom. The van der Waals surface area contributed by atoms with Gasteiger partial charge in [-0.1, -0.05) is 0 Å². The molecule has 1 aromatic heterocycles. The largest absolute Gasteiger partial charge is 0.385 e. The lowest BCUT2D eigenvalue weighted by Crippen LogP contribution is -2.21. The molecule has 104 valence electrons. The number of methoxy groups -OCH3 is 1. The first-order valence-electron chi connectivity index (χ1n) is 6.55. The van der Waals surface area contributed by atoms with E-state index in [1.54, 1.807) is 7.11 Å². The van der Waals surface area contributed by atoms with E-state index >= 15 is 0 Å². The van der Waals surface area contributed by atoms with Crippen LogP contribution in [-0.4, -0.2) is 42.5 Å². The Morgan fingerprint density at radius 1 is 1.50 bits per heavy atom. The molecule has 0 radical (unpaired) electrons. The molecule has 0 amide bonds. The lowest BCUT2D eigenvalue weighted by molar-refractivity contribution is 0.0853. The number of aromatic nitrogens is 2. The van der Waals surface area contributed by atoms with Crippen LogP contribution < -0.4 is 5.32 Å². The van der Waals surface area contributed by atoms with Gasteiger partial charge in [0.25, 0.3) is 0 Å². The highest BCUT2D eigenvalue weighted by Crippen LogP contribution is 2.09. The van der Waals surface area contributed by atoms with Gasteiger partial charge < -0.3 is 19.4 Å². The van der Waals surface area contributed by atoms with Crippen molar-refractivity contribution in [2.75, 3.05) is 32.2 Å². The molecule has 0 fully saturated rings. The summed E-state index contributed by atoms with van der Waals surface area (Å²) in [7, 11) is 1.72. The Bertz CT molecular complexity index is 339. The first kappa shape index (κ1) is 15.0. The molecule has 0 aliphatic heterocycles. The van der Waals surface area contributed by atoms with E-state index in [0.717, 1.165) is 44.4 Å². The minimum atomic E-state index is 0.194. The summed E-state index contributed by atoms with van der Waals surface area (Å²) in [5.74, 6) is 0.912. The normalized spacial score (nSPS) is 12.7. The van der Waals surface area contributed by atoms with E-state index in [9.17, 15) is 0 Å². The molecule has 5 nitrogen and oxygen atoms in total. The van der Waals surface area contributed by atoms with Crippen molar-refractivity contribution in [3.63, 3.8) is 0 Å². The molecule has 18 heavy (non-hydrogen) atoms. The number of hydrogen-bond donors (Lipinski definition) is 1. The number of hydrogen-bond acceptors (Lipinski definition) is 4. The van der Waals surface area contributed by atoms with Gasteiger partial charge in [-0.15, -0.1) is 0 Å². The second-order valence-electron chi connectivity index (χ2n) is 4.39. The SMILES string of the molecule is CCOC(C)CNc1nc(C)cn1CCCOC. The minimum absolute atomic E-state index is 0.194. The number of nitrogens with zero attached hydrogens (tertiary/aromatic N) is 2. The quantitative estimate of drug-likeness (QED) is 0.686. The number of anilines is 1. The van der Waals surface area contributed by atoms with Crippen LogP contribution in [0.25, 0.3) is 0 Å². The molecule has 0 aliphatic rings. The zero-order valence-corrected chi connectivity index (χ0v) is 11.9. The molecular weight excluding hydrogens is 230 g/mol. The van der Waals surface area contributed by atoms with Gasteiger partial charge in [0.1, 0.15) is 0 Å². The molecule has 1 aromatic rings. The third-order valence-corrected chi connectivity index (χ3v) is 2.64. The van der Waals surface area contributed by atoms with Crippen molar-refractivity contribution in [3.8, 4) is 0 Å². The topological polar surface area (TPSA) is 48.3 Å². The smallest absolute Gasteiger partial charge is 0.203 e. The van der Waals surface area contributed by atoms with Gasteiger partial charge in [0.15, 0.2) is 0 Å². The molecule has 0 bridgehead atoms. The van der Waals surface area contributed by atoms with Crippen LogP contribution in [0.3, 0.4) is 0 Å². The lowest BCUT2D eigenvalue weighted by Gasteiger charge is -2.14. The Balaban J connectivity index is 2.47. The van der Waals surface area contributed by atoms with Crippen LogP contribution in [0, 0.1) is 6.92 Å². The summed E-state index contributed by atoms with van der Waals surface area (Å²) in [6.07, 6.45) is 3.24. The first-order chi connectivity index (χ1) is 8.67. The number of ether oxygens (including phenoxy) is 2. The third kappa shape index (κ3) is 5.06. The average molecular weight is 255 g/mol. The summed E-state index contributed by atoms with van der Waals surface area (Å²) in [6.45, 7) is 9.27. The Kier molecular flexibility index (Phi) is 6.75. The van der Waals surface area contributed by atoms with Crippen molar-refractivity contribution in [1.29, 1.82) is 0 Å². The minimum Gasteiger partial charge on any atom is -0.385 e. The molecule has 1 heterocycles. The average Bonchev–Trinajstić information content (AvgIpc) is 2.68. The molecule has 1 N–H and O–H groups in total. The van der Waals surface area contributed by atoms with Crippen molar-refractivity contribution in [3.05, 3.63) is 11.9 Å². The fourth-order valence-electron chi connectivity index (χ4n) is 1.82. The molecular formula is C13H25N3O2. The van der Waals surface area contributed by atoms with Gasteiger partial charge in [-0.2, -0.15) is 0 Å². The molecule has 0 spiro atoms. The molecule has 0 aliphatic carbocycles. The van der Waals surface area contributed by atoms with Crippen molar-refractivity contribution in [2.45, 2.75) is 39.8 Å². The zero-order valence-electron chi connectivity index (χ0n) is 11.9. The Morgan fingerprint density at radius 2 is 2.28 bits per heavy atom. The van der Waals surface area contributed by atoms with Crippen LogP contribution in [0.4, 0.5) is 5.95 Å². The van der Waals surface area contributed by atoms with E-state index < -0.39 is 0 Å². The fourth-order valence-corrected chi connectivity index (χ4v) is 1.82. The van der Waals surface area contributed by atoms with Crippen molar-refractivity contribution >= 4 is 5.95 Å². The second-order valence-corrected chi connectivity index (χ2v) is 4.39. The predicted molar refractivity (Wildman–Crippen MR) is 73.0 cm³/mol. The number of rotatable bonds is 9. The second kappa shape index (κ2) is 8.11. The van der Waals surface area contributed by atoms with Crippen LogP contribution >= 0.6 is 0 Å². The van der Waals surface area contributed by atoms with E-state index in [1.165, 1.54) is 0 Å². The maximum atomic E-state index is 5.49. The summed E-state index contributed by atoms with van der Waals surface area (Å²) in [5, 5.41) is 3.33. The maximum absolute atomic E-state index is 5.49. The Labute approximate surface area is 109 Å². The van der Waals surface area contributed by atoms with E-state index in [4.69, 9.17) is 9.47 Å². The standard InChI is InChI=1S/C13H25N3O2/c1-5-18-12(3)9-14-13-15-11(2)10-16(13)7-6-8-17-4/h10,12H,5-9H2,1-4H3,(H,14,15). The summed E-state index contributed by atoms with van der Waals surface area (Å²) in [5.41, 5.74) is 1.03. The van der Waals surface area contributed by atoms with E-state index in [2.05, 4.69) is 28.0 Å². The van der Waals surface area contributed by atoms with Gasteiger partial charge in [-0.05, 0) is 27.2 Å². The molecule has 0 saturated heterocycles. The van der Waals surface area contributed by atoms with Crippen LogP contribution in [0.2, 0.25) is 0 Å². The molecule has 1 atom stereocenters. The third-order valence-electron chi connectivity index (χ3n) is 2.64. The van der Waals surface area contributed by atoms with Crippen LogP contribution in [0.15, 0.2) is 6.20 Å². The van der Waals surface area contributed by atoms with Crippen molar-refractivity contribution in [1.82, 2.24) is 9.55 Å². The van der Waals surface area contributed by atoms with Gasteiger partial charge in [-0.3, -0.25) is 0 Å². The predicted octanol–water partition coefficient (Wildman–Crippen LogP) is 2.06. The van der Waals surface area contributed by atoms with E-state index in [-0.39, 0.29) is 6.10 Å². The van der Waals surface area contributed by atoms with E-state index in [0.29, 0.717) is 0 Å². The number of aryl methyl sites for hydroxylation is 2. The lowest BCUT2D eigenvalue weighted by atomic mass is 10.4.